The van der Waals surface area contributed by atoms with Crippen LogP contribution in [0.3, 0.4) is 0 Å². The minimum atomic E-state index is -0.307. The Labute approximate surface area is 178 Å². The molecule has 0 saturated carbocycles. The summed E-state index contributed by atoms with van der Waals surface area (Å²) in [5, 5.41) is 12.4. The Bertz CT molecular complexity index is 1240. The Morgan fingerprint density at radius 3 is 2.65 bits per heavy atom. The second-order valence-corrected chi connectivity index (χ2v) is 7.11. The number of oxazole rings is 1. The third kappa shape index (κ3) is 4.75. The second kappa shape index (κ2) is 8.76. The summed E-state index contributed by atoms with van der Waals surface area (Å²) in [6.07, 6.45) is 0. The lowest BCUT2D eigenvalue weighted by molar-refractivity contribution is 0.269. The molecular weight excluding hydrogens is 397 g/mol. The molecule has 0 saturated heterocycles. The number of nitriles is 1. The summed E-state index contributed by atoms with van der Waals surface area (Å²) in [5.74, 6) is 1.91. The lowest BCUT2D eigenvalue weighted by Gasteiger charge is -2.08. The van der Waals surface area contributed by atoms with E-state index in [2.05, 4.69) is 10.3 Å². The maximum absolute atomic E-state index is 13.0. The van der Waals surface area contributed by atoms with E-state index in [-0.39, 0.29) is 29.9 Å². The fourth-order valence-corrected chi connectivity index (χ4v) is 2.99. The van der Waals surface area contributed by atoms with Crippen LogP contribution in [-0.4, -0.2) is 4.98 Å². The molecule has 156 valence electrons. The summed E-state index contributed by atoms with van der Waals surface area (Å²) in [7, 11) is 0. The number of hydrogen-bond donors (Lipinski definition) is 1. The maximum atomic E-state index is 13.0. The van der Waals surface area contributed by atoms with Crippen LogP contribution in [0, 0.1) is 31.0 Å². The van der Waals surface area contributed by atoms with Crippen LogP contribution in [0.4, 0.5) is 10.3 Å². The van der Waals surface area contributed by atoms with Gasteiger partial charge in [-0.05, 0) is 60.9 Å². The Kier molecular flexibility index (Phi) is 5.72. The van der Waals surface area contributed by atoms with Crippen molar-refractivity contribution >= 4 is 5.88 Å². The average molecular weight is 417 g/mol. The quantitative estimate of drug-likeness (QED) is 0.412. The van der Waals surface area contributed by atoms with E-state index in [1.54, 1.807) is 24.3 Å². The zero-order valence-corrected chi connectivity index (χ0v) is 17.1. The van der Waals surface area contributed by atoms with Gasteiger partial charge in [0.05, 0.1) is 0 Å². The molecule has 0 aliphatic carbocycles. The molecule has 31 heavy (non-hydrogen) atoms. The van der Waals surface area contributed by atoms with Crippen LogP contribution < -0.4 is 10.1 Å². The SMILES string of the molecule is Cc1ccc(C)c(OCc2ccc(-c3nc(C#N)c(NCc4ccc(F)cc4)o3)o2)c1. The number of nitrogens with zero attached hydrogens (tertiary/aromatic N) is 2. The number of hydrogen-bond acceptors (Lipinski definition) is 6. The molecule has 4 aromatic rings. The van der Waals surface area contributed by atoms with E-state index < -0.39 is 0 Å². The van der Waals surface area contributed by atoms with Crippen molar-refractivity contribution in [3.8, 4) is 23.5 Å². The fourth-order valence-electron chi connectivity index (χ4n) is 2.99. The Balaban J connectivity index is 1.45. The van der Waals surface area contributed by atoms with Crippen molar-refractivity contribution in [1.82, 2.24) is 4.98 Å². The molecule has 0 spiro atoms. The predicted molar refractivity (Wildman–Crippen MR) is 113 cm³/mol. The molecule has 4 rings (SSSR count). The summed E-state index contributed by atoms with van der Waals surface area (Å²) in [5.41, 5.74) is 3.11. The van der Waals surface area contributed by atoms with Crippen LogP contribution in [0.2, 0.25) is 0 Å². The number of anilines is 1. The van der Waals surface area contributed by atoms with Crippen molar-refractivity contribution in [2.45, 2.75) is 27.0 Å². The number of nitrogens with one attached hydrogen (secondary N) is 1. The van der Waals surface area contributed by atoms with Crippen LogP contribution in [-0.2, 0) is 13.2 Å². The number of benzene rings is 2. The zero-order chi connectivity index (χ0) is 21.8. The van der Waals surface area contributed by atoms with E-state index >= 15 is 0 Å². The lowest BCUT2D eigenvalue weighted by atomic mass is 10.1. The van der Waals surface area contributed by atoms with Crippen LogP contribution in [0.1, 0.15) is 28.1 Å². The minimum absolute atomic E-state index is 0.113. The molecular formula is C24H20FN3O3. The maximum Gasteiger partial charge on any atom is 0.266 e. The van der Waals surface area contributed by atoms with Crippen LogP contribution in [0.15, 0.2) is 63.4 Å². The topological polar surface area (TPSA) is 84.2 Å². The van der Waals surface area contributed by atoms with Crippen LogP contribution in [0.25, 0.3) is 11.7 Å². The second-order valence-electron chi connectivity index (χ2n) is 7.11. The van der Waals surface area contributed by atoms with Gasteiger partial charge in [-0.15, -0.1) is 0 Å². The molecule has 2 aromatic heterocycles. The summed E-state index contributed by atoms with van der Waals surface area (Å²) >= 11 is 0. The van der Waals surface area contributed by atoms with Gasteiger partial charge in [-0.2, -0.15) is 10.2 Å². The highest BCUT2D eigenvalue weighted by atomic mass is 19.1. The van der Waals surface area contributed by atoms with Gasteiger partial charge in [-0.3, -0.25) is 0 Å². The molecule has 0 radical (unpaired) electrons. The molecule has 0 amide bonds. The highest BCUT2D eigenvalue weighted by Gasteiger charge is 2.17. The number of furan rings is 1. The van der Waals surface area contributed by atoms with Gasteiger partial charge < -0.3 is 18.9 Å². The van der Waals surface area contributed by atoms with Gasteiger partial charge in [0.15, 0.2) is 5.76 Å². The molecule has 1 N–H and O–H groups in total. The standard InChI is InChI=1S/C24H20FN3O3/c1-15-3-4-16(2)22(11-15)29-14-19-9-10-21(30-19)24-28-20(12-26)23(31-24)27-13-17-5-7-18(25)8-6-17/h3-11,27H,13-14H2,1-2H3. The third-order valence-electron chi connectivity index (χ3n) is 4.69. The summed E-state index contributed by atoms with van der Waals surface area (Å²) < 4.78 is 30.4. The highest BCUT2D eigenvalue weighted by Crippen LogP contribution is 2.28. The first-order chi connectivity index (χ1) is 15.0. The van der Waals surface area contributed by atoms with E-state index in [9.17, 15) is 9.65 Å². The van der Waals surface area contributed by atoms with E-state index in [4.69, 9.17) is 13.6 Å². The van der Waals surface area contributed by atoms with E-state index in [0.717, 1.165) is 22.4 Å². The molecule has 6 nitrogen and oxygen atoms in total. The van der Waals surface area contributed by atoms with Gasteiger partial charge in [-0.25, -0.2) is 4.39 Å². The molecule has 0 aliphatic rings. The number of aryl methyl sites for hydroxylation is 2. The van der Waals surface area contributed by atoms with E-state index in [0.29, 0.717) is 18.1 Å². The molecule has 0 aliphatic heterocycles. The minimum Gasteiger partial charge on any atom is -0.485 e. The molecule has 0 bridgehead atoms. The van der Waals surface area contributed by atoms with Gasteiger partial charge >= 0.3 is 0 Å². The number of halogens is 1. The monoisotopic (exact) mass is 417 g/mol. The van der Waals surface area contributed by atoms with Gasteiger partial charge in [0, 0.05) is 6.54 Å². The van der Waals surface area contributed by atoms with Crippen molar-refractivity contribution in [3.05, 3.63) is 88.6 Å². The van der Waals surface area contributed by atoms with Crippen molar-refractivity contribution < 1.29 is 18.0 Å². The lowest BCUT2D eigenvalue weighted by Crippen LogP contribution is -1.99. The molecule has 2 aromatic carbocycles. The first-order valence-electron chi connectivity index (χ1n) is 9.70. The largest absolute Gasteiger partial charge is 0.485 e. The van der Waals surface area contributed by atoms with Crippen molar-refractivity contribution in [3.63, 3.8) is 0 Å². The normalized spacial score (nSPS) is 10.6. The van der Waals surface area contributed by atoms with Crippen LogP contribution in [0.5, 0.6) is 5.75 Å². The zero-order valence-electron chi connectivity index (χ0n) is 17.1. The van der Waals surface area contributed by atoms with Gasteiger partial charge in [-0.1, -0.05) is 24.3 Å². The summed E-state index contributed by atoms with van der Waals surface area (Å²) in [4.78, 5) is 4.20. The van der Waals surface area contributed by atoms with Crippen molar-refractivity contribution in [1.29, 1.82) is 5.26 Å². The van der Waals surface area contributed by atoms with Gasteiger partial charge in [0.25, 0.3) is 5.89 Å². The molecule has 0 fully saturated rings. The first-order valence-corrected chi connectivity index (χ1v) is 9.70. The molecule has 0 atom stereocenters. The van der Waals surface area contributed by atoms with E-state index in [1.165, 1.54) is 12.1 Å². The number of rotatable bonds is 7. The smallest absolute Gasteiger partial charge is 0.266 e. The average Bonchev–Trinajstić information content (AvgIpc) is 3.40. The van der Waals surface area contributed by atoms with Crippen LogP contribution >= 0.6 is 0 Å². The third-order valence-corrected chi connectivity index (χ3v) is 4.69. The highest BCUT2D eigenvalue weighted by molar-refractivity contribution is 5.54. The predicted octanol–water partition coefficient (Wildman–Crippen LogP) is 5.75. The summed E-state index contributed by atoms with van der Waals surface area (Å²) in [6, 6.07) is 17.6. The fraction of sp³-hybridized carbons (Fsp3) is 0.167. The van der Waals surface area contributed by atoms with Gasteiger partial charge in [0.2, 0.25) is 11.6 Å². The summed E-state index contributed by atoms with van der Waals surface area (Å²) in [6.45, 7) is 4.61. The van der Waals surface area contributed by atoms with E-state index in [1.807, 2.05) is 38.1 Å². The van der Waals surface area contributed by atoms with Gasteiger partial charge in [0.1, 0.15) is 30.0 Å². The molecule has 0 unspecified atom stereocenters. The molecule has 7 heteroatoms. The Hall–Kier alpha value is -4.05. The Morgan fingerprint density at radius 2 is 1.87 bits per heavy atom. The number of ether oxygens (including phenoxy) is 1. The number of aromatic nitrogens is 1. The Morgan fingerprint density at radius 1 is 1.06 bits per heavy atom. The first kappa shape index (κ1) is 20.2. The van der Waals surface area contributed by atoms with Crippen molar-refractivity contribution in [2.24, 2.45) is 0 Å². The van der Waals surface area contributed by atoms with Crippen molar-refractivity contribution in [2.75, 3.05) is 5.32 Å². The molecule has 2 heterocycles.